The lowest BCUT2D eigenvalue weighted by Gasteiger charge is -2.36. The minimum absolute atomic E-state index is 0.225. The molecular formula is C28H29N3O3. The number of aromatic nitrogens is 2. The molecule has 0 aliphatic carbocycles. The second-order valence-electron chi connectivity index (χ2n) is 8.71. The molecule has 1 saturated heterocycles. The molecule has 174 valence electrons. The molecule has 0 N–H and O–H groups in total. The van der Waals surface area contributed by atoms with E-state index < -0.39 is 0 Å². The third kappa shape index (κ3) is 4.17. The molecular weight excluding hydrogens is 426 g/mol. The molecule has 1 unspecified atom stereocenters. The summed E-state index contributed by atoms with van der Waals surface area (Å²) < 4.78 is 17.0. The number of anilines is 1. The molecule has 2 aromatic heterocycles. The Balaban J connectivity index is 1.52. The number of ether oxygens (including phenoxy) is 3. The molecule has 6 heteroatoms. The molecule has 6 nitrogen and oxygen atoms in total. The van der Waals surface area contributed by atoms with Gasteiger partial charge in [0.05, 0.1) is 31.9 Å². The molecule has 0 bridgehead atoms. The Morgan fingerprint density at radius 3 is 2.18 bits per heavy atom. The van der Waals surface area contributed by atoms with E-state index in [1.165, 1.54) is 5.69 Å². The zero-order valence-corrected chi connectivity index (χ0v) is 20.0. The summed E-state index contributed by atoms with van der Waals surface area (Å²) in [5, 5.41) is 0.966. The Bertz CT molecular complexity index is 1280. The fraction of sp³-hybridized carbons (Fsp3) is 0.286. The van der Waals surface area contributed by atoms with E-state index in [9.17, 15) is 0 Å². The van der Waals surface area contributed by atoms with Crippen molar-refractivity contribution in [1.82, 2.24) is 9.97 Å². The van der Waals surface area contributed by atoms with E-state index in [2.05, 4.69) is 60.1 Å². The number of methoxy groups -OCH3 is 2. The molecule has 2 aromatic carbocycles. The Kier molecular flexibility index (Phi) is 6.07. The van der Waals surface area contributed by atoms with E-state index in [0.29, 0.717) is 5.88 Å². The summed E-state index contributed by atoms with van der Waals surface area (Å²) in [6.07, 6.45) is 4.16. The highest BCUT2D eigenvalue weighted by Gasteiger charge is 2.22. The van der Waals surface area contributed by atoms with Crippen molar-refractivity contribution < 1.29 is 14.2 Å². The van der Waals surface area contributed by atoms with Gasteiger partial charge < -0.3 is 19.1 Å². The third-order valence-corrected chi connectivity index (χ3v) is 6.27. The van der Waals surface area contributed by atoms with Crippen LogP contribution >= 0.6 is 0 Å². The van der Waals surface area contributed by atoms with E-state index in [1.54, 1.807) is 14.2 Å². The SMILES string of the molecule is COc1ccc(-c2cccc3c(OC)c(-c4ccc(N5CC(C)O[C@@H](C)C5)cc4)cnc23)cn1. The van der Waals surface area contributed by atoms with Gasteiger partial charge >= 0.3 is 0 Å². The summed E-state index contributed by atoms with van der Waals surface area (Å²) in [4.78, 5) is 11.6. The lowest BCUT2D eigenvalue weighted by Crippen LogP contribution is -2.45. The second-order valence-corrected chi connectivity index (χ2v) is 8.71. The van der Waals surface area contributed by atoms with Crippen molar-refractivity contribution in [3.8, 4) is 33.9 Å². The van der Waals surface area contributed by atoms with Crippen molar-refractivity contribution in [3.05, 3.63) is 67.0 Å². The summed E-state index contributed by atoms with van der Waals surface area (Å²) in [6.45, 7) is 6.04. The van der Waals surface area contributed by atoms with Crippen LogP contribution in [0.1, 0.15) is 13.8 Å². The van der Waals surface area contributed by atoms with Gasteiger partial charge in [-0.25, -0.2) is 4.98 Å². The van der Waals surface area contributed by atoms with E-state index in [0.717, 1.165) is 52.0 Å². The van der Waals surface area contributed by atoms with Crippen LogP contribution in [0.5, 0.6) is 11.6 Å². The van der Waals surface area contributed by atoms with Gasteiger partial charge in [-0.05, 0) is 43.7 Å². The highest BCUT2D eigenvalue weighted by atomic mass is 16.5. The molecule has 4 aromatic rings. The third-order valence-electron chi connectivity index (χ3n) is 6.27. The van der Waals surface area contributed by atoms with Crippen LogP contribution in [0.4, 0.5) is 5.69 Å². The molecule has 1 aliphatic heterocycles. The number of morpholine rings is 1. The van der Waals surface area contributed by atoms with E-state index in [1.807, 2.05) is 30.6 Å². The first-order valence-corrected chi connectivity index (χ1v) is 11.5. The lowest BCUT2D eigenvalue weighted by atomic mass is 9.99. The van der Waals surface area contributed by atoms with Crippen LogP contribution in [0.3, 0.4) is 0 Å². The van der Waals surface area contributed by atoms with Crippen LogP contribution in [0.25, 0.3) is 33.2 Å². The summed E-state index contributed by atoms with van der Waals surface area (Å²) in [5.74, 6) is 1.40. The minimum atomic E-state index is 0.225. The van der Waals surface area contributed by atoms with Crippen LogP contribution in [0.2, 0.25) is 0 Å². The number of benzene rings is 2. The monoisotopic (exact) mass is 455 g/mol. The average Bonchev–Trinajstić information content (AvgIpc) is 2.87. The topological polar surface area (TPSA) is 56.7 Å². The van der Waals surface area contributed by atoms with Crippen molar-refractivity contribution in [2.75, 3.05) is 32.2 Å². The molecule has 34 heavy (non-hydrogen) atoms. The number of pyridine rings is 2. The second kappa shape index (κ2) is 9.31. The number of para-hydroxylation sites is 1. The quantitative estimate of drug-likeness (QED) is 0.391. The molecule has 5 rings (SSSR count). The fourth-order valence-electron chi connectivity index (χ4n) is 4.76. The van der Waals surface area contributed by atoms with Gasteiger partial charge in [0.2, 0.25) is 5.88 Å². The average molecular weight is 456 g/mol. The Morgan fingerprint density at radius 1 is 0.794 bits per heavy atom. The van der Waals surface area contributed by atoms with E-state index in [-0.39, 0.29) is 12.2 Å². The summed E-state index contributed by atoms with van der Waals surface area (Å²) in [6, 6.07) is 18.6. The summed E-state index contributed by atoms with van der Waals surface area (Å²) in [5.41, 5.74) is 6.10. The highest BCUT2D eigenvalue weighted by Crippen LogP contribution is 2.39. The molecule has 0 amide bonds. The summed E-state index contributed by atoms with van der Waals surface area (Å²) in [7, 11) is 3.33. The Hall–Kier alpha value is -3.64. The minimum Gasteiger partial charge on any atom is -0.495 e. The standard InChI is InChI=1S/C28H29N3O3/c1-18-16-31(17-19(2)34-18)22-11-8-20(9-12-22)25-15-30-27-23(6-5-7-24(27)28(25)33-4)21-10-13-26(32-3)29-14-21/h5-15,18-19H,16-17H2,1-4H3/t18-,19?/m0/s1. The van der Waals surface area contributed by atoms with Crippen LogP contribution in [-0.4, -0.2) is 49.5 Å². The fourth-order valence-corrected chi connectivity index (χ4v) is 4.76. The zero-order chi connectivity index (χ0) is 23.7. The highest BCUT2D eigenvalue weighted by molar-refractivity contribution is 6.00. The first kappa shape index (κ1) is 22.2. The number of hydrogen-bond donors (Lipinski definition) is 0. The number of fused-ring (bicyclic) bond motifs is 1. The van der Waals surface area contributed by atoms with Gasteiger partial charge in [0.1, 0.15) is 5.75 Å². The van der Waals surface area contributed by atoms with Gasteiger partial charge in [-0.1, -0.05) is 24.3 Å². The molecule has 2 atom stereocenters. The normalized spacial score (nSPS) is 18.2. The zero-order valence-electron chi connectivity index (χ0n) is 20.0. The number of nitrogens with zero attached hydrogens (tertiary/aromatic N) is 3. The predicted molar refractivity (Wildman–Crippen MR) is 136 cm³/mol. The van der Waals surface area contributed by atoms with Gasteiger partial charge in [-0.2, -0.15) is 0 Å². The largest absolute Gasteiger partial charge is 0.495 e. The predicted octanol–water partition coefficient (Wildman–Crippen LogP) is 5.59. The Morgan fingerprint density at radius 2 is 1.53 bits per heavy atom. The van der Waals surface area contributed by atoms with Crippen LogP contribution in [0, 0.1) is 0 Å². The molecule has 1 fully saturated rings. The van der Waals surface area contributed by atoms with Gasteiger partial charge in [0, 0.05) is 59.3 Å². The Labute approximate surface area is 200 Å². The van der Waals surface area contributed by atoms with Crippen molar-refractivity contribution >= 4 is 16.6 Å². The molecule has 0 radical (unpaired) electrons. The van der Waals surface area contributed by atoms with Gasteiger partial charge in [0.25, 0.3) is 0 Å². The first-order chi connectivity index (χ1) is 16.6. The first-order valence-electron chi connectivity index (χ1n) is 11.5. The van der Waals surface area contributed by atoms with E-state index >= 15 is 0 Å². The molecule has 3 heterocycles. The maximum absolute atomic E-state index is 5.91. The number of hydrogen-bond acceptors (Lipinski definition) is 6. The van der Waals surface area contributed by atoms with E-state index in [4.69, 9.17) is 19.2 Å². The van der Waals surface area contributed by atoms with Gasteiger partial charge in [0.15, 0.2) is 0 Å². The van der Waals surface area contributed by atoms with Crippen LogP contribution in [0.15, 0.2) is 67.0 Å². The smallest absolute Gasteiger partial charge is 0.212 e. The molecule has 0 spiro atoms. The maximum atomic E-state index is 5.91. The molecule has 1 aliphatic rings. The van der Waals surface area contributed by atoms with Crippen LogP contribution < -0.4 is 14.4 Å². The van der Waals surface area contributed by atoms with Crippen molar-refractivity contribution in [2.24, 2.45) is 0 Å². The summed E-state index contributed by atoms with van der Waals surface area (Å²) >= 11 is 0. The van der Waals surface area contributed by atoms with Crippen LogP contribution in [-0.2, 0) is 4.74 Å². The van der Waals surface area contributed by atoms with Gasteiger partial charge in [-0.3, -0.25) is 4.98 Å². The lowest BCUT2D eigenvalue weighted by molar-refractivity contribution is -0.00521. The van der Waals surface area contributed by atoms with Crippen molar-refractivity contribution in [1.29, 1.82) is 0 Å². The number of rotatable bonds is 5. The van der Waals surface area contributed by atoms with Gasteiger partial charge in [-0.15, -0.1) is 0 Å². The molecule has 0 saturated carbocycles. The van der Waals surface area contributed by atoms with Crippen molar-refractivity contribution in [3.63, 3.8) is 0 Å². The van der Waals surface area contributed by atoms with Crippen molar-refractivity contribution in [2.45, 2.75) is 26.1 Å². The maximum Gasteiger partial charge on any atom is 0.212 e.